The first-order valence-corrected chi connectivity index (χ1v) is 11.9. The zero-order valence-electron chi connectivity index (χ0n) is 20.0. The first kappa shape index (κ1) is 23.4. The first-order valence-electron chi connectivity index (χ1n) is 11.9. The van der Waals surface area contributed by atoms with E-state index >= 15 is 0 Å². The maximum atomic E-state index is 13.0. The van der Waals surface area contributed by atoms with Crippen LogP contribution >= 0.6 is 0 Å². The molecular weight excluding hydrogens is 420 g/mol. The van der Waals surface area contributed by atoms with Crippen molar-refractivity contribution in [2.24, 2.45) is 11.8 Å². The molecule has 0 spiro atoms. The SMILES string of the molecule is COc1c(C(O)CCC2CC2)ccc2c1C(=O)OCc1cc(C)cc(OCCC(C)C)c1O2. The molecule has 0 aromatic heterocycles. The summed E-state index contributed by atoms with van der Waals surface area (Å²) in [6.07, 6.45) is 4.26. The molecule has 0 amide bonds. The van der Waals surface area contributed by atoms with E-state index in [0.717, 1.165) is 24.0 Å². The summed E-state index contributed by atoms with van der Waals surface area (Å²) in [6, 6.07) is 7.37. The Hall–Kier alpha value is -2.73. The minimum atomic E-state index is -0.714. The number of hydrogen-bond acceptors (Lipinski definition) is 6. The zero-order chi connectivity index (χ0) is 23.5. The van der Waals surface area contributed by atoms with Crippen LogP contribution < -0.4 is 14.2 Å². The van der Waals surface area contributed by atoms with E-state index in [4.69, 9.17) is 18.9 Å². The van der Waals surface area contributed by atoms with Crippen LogP contribution in [-0.4, -0.2) is 24.8 Å². The molecule has 1 aliphatic carbocycles. The molecule has 1 unspecified atom stereocenters. The van der Waals surface area contributed by atoms with Crippen LogP contribution in [0.25, 0.3) is 0 Å². The summed E-state index contributed by atoms with van der Waals surface area (Å²) in [6.45, 7) is 6.91. The average Bonchev–Trinajstić information content (AvgIpc) is 3.60. The maximum absolute atomic E-state index is 13.0. The van der Waals surface area contributed by atoms with Gasteiger partial charge in [0.15, 0.2) is 11.5 Å². The van der Waals surface area contributed by atoms with Gasteiger partial charge in [-0.3, -0.25) is 0 Å². The summed E-state index contributed by atoms with van der Waals surface area (Å²) >= 11 is 0. The lowest BCUT2D eigenvalue weighted by atomic mass is 9.98. The van der Waals surface area contributed by atoms with Crippen molar-refractivity contribution >= 4 is 5.97 Å². The number of esters is 1. The van der Waals surface area contributed by atoms with Crippen LogP contribution in [0, 0.1) is 18.8 Å². The summed E-state index contributed by atoms with van der Waals surface area (Å²) in [7, 11) is 1.50. The van der Waals surface area contributed by atoms with Gasteiger partial charge in [-0.2, -0.15) is 0 Å². The molecule has 6 nitrogen and oxygen atoms in total. The molecule has 2 aromatic carbocycles. The molecule has 1 aliphatic heterocycles. The second-order valence-corrected chi connectivity index (χ2v) is 9.56. The molecule has 4 rings (SSSR count). The smallest absolute Gasteiger partial charge is 0.346 e. The number of benzene rings is 2. The molecule has 0 radical (unpaired) electrons. The highest BCUT2D eigenvalue weighted by Crippen LogP contribution is 2.45. The Balaban J connectivity index is 1.69. The molecule has 0 bridgehead atoms. The Morgan fingerprint density at radius 1 is 1.18 bits per heavy atom. The van der Waals surface area contributed by atoms with E-state index in [0.29, 0.717) is 53.4 Å². The summed E-state index contributed by atoms with van der Waals surface area (Å²) in [5.74, 6) is 2.49. The van der Waals surface area contributed by atoms with Crippen LogP contribution in [0.1, 0.15) is 79.1 Å². The van der Waals surface area contributed by atoms with Crippen molar-refractivity contribution < 1.29 is 28.8 Å². The molecule has 0 saturated heterocycles. The summed E-state index contributed by atoms with van der Waals surface area (Å²) in [4.78, 5) is 13.0. The third-order valence-corrected chi connectivity index (χ3v) is 6.26. The van der Waals surface area contributed by atoms with Crippen molar-refractivity contribution in [3.05, 3.63) is 46.5 Å². The number of hydrogen-bond donors (Lipinski definition) is 1. The lowest BCUT2D eigenvalue weighted by Crippen LogP contribution is -2.15. The van der Waals surface area contributed by atoms with Gasteiger partial charge in [-0.1, -0.05) is 26.7 Å². The van der Waals surface area contributed by atoms with Crippen LogP contribution in [0.3, 0.4) is 0 Å². The van der Waals surface area contributed by atoms with Crippen LogP contribution in [0.4, 0.5) is 0 Å². The van der Waals surface area contributed by atoms with Crippen molar-refractivity contribution in [3.8, 4) is 23.0 Å². The Labute approximate surface area is 195 Å². The van der Waals surface area contributed by atoms with Crippen molar-refractivity contribution in [1.29, 1.82) is 0 Å². The third kappa shape index (κ3) is 5.44. The van der Waals surface area contributed by atoms with E-state index in [-0.39, 0.29) is 12.2 Å². The molecule has 2 aliphatic rings. The second kappa shape index (κ2) is 10.0. The highest BCUT2D eigenvalue weighted by atomic mass is 16.6. The lowest BCUT2D eigenvalue weighted by Gasteiger charge is -2.24. The molecule has 33 heavy (non-hydrogen) atoms. The fourth-order valence-electron chi connectivity index (χ4n) is 4.17. The maximum Gasteiger partial charge on any atom is 0.346 e. The van der Waals surface area contributed by atoms with Gasteiger partial charge in [0, 0.05) is 11.1 Å². The van der Waals surface area contributed by atoms with Crippen molar-refractivity contribution in [3.63, 3.8) is 0 Å². The number of aliphatic hydroxyl groups is 1. The monoisotopic (exact) mass is 454 g/mol. The standard InChI is InChI=1S/C27H34O6/c1-16(2)11-12-31-23-14-17(3)13-19-15-32-27(29)24-22(33-25(19)23)10-8-20(26(24)30-4)21(28)9-7-18-5-6-18/h8,10,13-14,16,18,21,28H,5-7,9,11-12,15H2,1-4H3. The predicted molar refractivity (Wildman–Crippen MR) is 125 cm³/mol. The van der Waals surface area contributed by atoms with E-state index in [1.165, 1.54) is 20.0 Å². The summed E-state index contributed by atoms with van der Waals surface area (Å²) < 4.78 is 23.6. The largest absolute Gasteiger partial charge is 0.495 e. The molecular formula is C27H34O6. The number of ether oxygens (including phenoxy) is 4. The first-order chi connectivity index (χ1) is 15.9. The van der Waals surface area contributed by atoms with Gasteiger partial charge in [-0.15, -0.1) is 0 Å². The normalized spacial score (nSPS) is 16.1. The third-order valence-electron chi connectivity index (χ3n) is 6.26. The molecule has 1 N–H and O–H groups in total. The second-order valence-electron chi connectivity index (χ2n) is 9.56. The molecule has 1 fully saturated rings. The van der Waals surface area contributed by atoms with Gasteiger partial charge in [0.2, 0.25) is 0 Å². The molecule has 1 saturated carbocycles. The number of cyclic esters (lactones) is 1. The minimum absolute atomic E-state index is 0.0629. The van der Waals surface area contributed by atoms with Gasteiger partial charge >= 0.3 is 5.97 Å². The predicted octanol–water partition coefficient (Wildman–Crippen LogP) is 6.11. The van der Waals surface area contributed by atoms with E-state index < -0.39 is 12.1 Å². The Bertz CT molecular complexity index is 1010. The van der Waals surface area contributed by atoms with Crippen LogP contribution in [0.2, 0.25) is 0 Å². The zero-order valence-corrected chi connectivity index (χ0v) is 20.0. The number of aryl methyl sites for hydroxylation is 1. The molecule has 1 atom stereocenters. The number of carbonyl (C=O) groups excluding carboxylic acids is 1. The Morgan fingerprint density at radius 2 is 1.97 bits per heavy atom. The average molecular weight is 455 g/mol. The van der Waals surface area contributed by atoms with E-state index in [1.54, 1.807) is 12.1 Å². The minimum Gasteiger partial charge on any atom is -0.495 e. The number of methoxy groups -OCH3 is 1. The fourth-order valence-corrected chi connectivity index (χ4v) is 4.17. The van der Waals surface area contributed by atoms with E-state index in [2.05, 4.69) is 13.8 Å². The van der Waals surface area contributed by atoms with Gasteiger partial charge in [0.05, 0.1) is 19.8 Å². The van der Waals surface area contributed by atoms with Gasteiger partial charge in [0.25, 0.3) is 0 Å². The van der Waals surface area contributed by atoms with E-state index in [9.17, 15) is 9.90 Å². The highest BCUT2D eigenvalue weighted by molar-refractivity contribution is 5.96. The molecule has 2 aromatic rings. The van der Waals surface area contributed by atoms with Crippen LogP contribution in [-0.2, 0) is 11.3 Å². The number of fused-ring (bicyclic) bond motifs is 2. The Kier molecular flexibility index (Phi) is 7.13. The van der Waals surface area contributed by atoms with Crippen molar-refractivity contribution in [2.45, 2.75) is 65.6 Å². The van der Waals surface area contributed by atoms with Crippen molar-refractivity contribution in [1.82, 2.24) is 0 Å². The molecule has 178 valence electrons. The number of aliphatic hydroxyl groups excluding tert-OH is 1. The lowest BCUT2D eigenvalue weighted by molar-refractivity contribution is 0.0453. The van der Waals surface area contributed by atoms with Gasteiger partial charge in [0.1, 0.15) is 23.7 Å². The van der Waals surface area contributed by atoms with Gasteiger partial charge in [-0.05, 0) is 67.9 Å². The molecule has 6 heteroatoms. The number of carbonyl (C=O) groups is 1. The van der Waals surface area contributed by atoms with Crippen LogP contribution in [0.15, 0.2) is 24.3 Å². The molecule has 1 heterocycles. The van der Waals surface area contributed by atoms with Crippen molar-refractivity contribution in [2.75, 3.05) is 13.7 Å². The fraction of sp³-hybridized carbons (Fsp3) is 0.519. The van der Waals surface area contributed by atoms with Crippen LogP contribution in [0.5, 0.6) is 23.0 Å². The summed E-state index contributed by atoms with van der Waals surface area (Å²) in [5, 5.41) is 10.8. The quantitative estimate of drug-likeness (QED) is 0.461. The Morgan fingerprint density at radius 3 is 2.67 bits per heavy atom. The summed E-state index contributed by atoms with van der Waals surface area (Å²) in [5.41, 5.74) is 2.52. The van der Waals surface area contributed by atoms with Gasteiger partial charge in [-0.25, -0.2) is 4.79 Å². The highest BCUT2D eigenvalue weighted by Gasteiger charge is 2.31. The van der Waals surface area contributed by atoms with Gasteiger partial charge < -0.3 is 24.1 Å². The topological polar surface area (TPSA) is 74.2 Å². The van der Waals surface area contributed by atoms with E-state index in [1.807, 2.05) is 19.1 Å². The number of rotatable bonds is 9.